The first-order chi connectivity index (χ1) is 13.9. The predicted molar refractivity (Wildman–Crippen MR) is 115 cm³/mol. The summed E-state index contributed by atoms with van der Waals surface area (Å²) in [6.07, 6.45) is 18.3. The molecule has 3 atom stereocenters. The number of aliphatic hydroxyl groups is 2. The van der Waals surface area contributed by atoms with Crippen LogP contribution in [0.4, 0.5) is 0 Å². The number of carbonyl (C=O) groups excluding carboxylic acids is 2. The van der Waals surface area contributed by atoms with E-state index in [2.05, 4.69) is 30.4 Å². The van der Waals surface area contributed by atoms with Gasteiger partial charge in [0.2, 0.25) is 0 Å². The maximum absolute atomic E-state index is 12.2. The van der Waals surface area contributed by atoms with Crippen molar-refractivity contribution in [2.45, 2.75) is 76.9 Å². The molecule has 29 heavy (non-hydrogen) atoms. The van der Waals surface area contributed by atoms with Crippen molar-refractivity contribution in [2.75, 3.05) is 7.11 Å². The van der Waals surface area contributed by atoms with Gasteiger partial charge in [0, 0.05) is 18.8 Å². The number of ether oxygens (including phenoxy) is 1. The van der Waals surface area contributed by atoms with E-state index in [1.54, 1.807) is 6.08 Å². The van der Waals surface area contributed by atoms with Crippen molar-refractivity contribution in [3.05, 3.63) is 37.0 Å². The van der Waals surface area contributed by atoms with Crippen LogP contribution in [-0.2, 0) is 14.3 Å². The van der Waals surface area contributed by atoms with Crippen molar-refractivity contribution in [2.24, 2.45) is 17.8 Å². The minimum absolute atomic E-state index is 0.0154. The van der Waals surface area contributed by atoms with Gasteiger partial charge in [0.15, 0.2) is 0 Å². The second kappa shape index (κ2) is 13.5. The molecular formula is C24H38O5. The summed E-state index contributed by atoms with van der Waals surface area (Å²) in [5, 5.41) is 19.2. The highest BCUT2D eigenvalue weighted by Gasteiger charge is 2.34. The number of allylic oxidation sites excluding steroid dienone is 5. The van der Waals surface area contributed by atoms with E-state index in [9.17, 15) is 19.8 Å². The number of hydrogen-bond acceptors (Lipinski definition) is 5. The van der Waals surface area contributed by atoms with Crippen molar-refractivity contribution in [1.82, 2.24) is 0 Å². The molecule has 0 aliphatic heterocycles. The second-order valence-electron chi connectivity index (χ2n) is 7.98. The van der Waals surface area contributed by atoms with E-state index in [1.165, 1.54) is 25.7 Å². The second-order valence-corrected chi connectivity index (χ2v) is 7.98. The summed E-state index contributed by atoms with van der Waals surface area (Å²) in [5.41, 5.74) is 0. The molecule has 0 aromatic heterocycles. The number of hydrogen-bond donors (Lipinski definition) is 2. The van der Waals surface area contributed by atoms with Crippen LogP contribution in [0.5, 0.6) is 0 Å². The summed E-state index contributed by atoms with van der Waals surface area (Å²) >= 11 is 0. The quantitative estimate of drug-likeness (QED) is 0.192. The molecule has 1 aliphatic rings. The average molecular weight is 407 g/mol. The highest BCUT2D eigenvalue weighted by Crippen LogP contribution is 2.33. The van der Waals surface area contributed by atoms with Gasteiger partial charge in [0.1, 0.15) is 5.78 Å². The summed E-state index contributed by atoms with van der Waals surface area (Å²) in [6.45, 7) is 6.15. The Kier molecular flexibility index (Phi) is 11.8. The average Bonchev–Trinajstić information content (AvgIpc) is 3.05. The Labute approximate surface area is 175 Å². The molecule has 0 spiro atoms. The van der Waals surface area contributed by atoms with Gasteiger partial charge < -0.3 is 14.9 Å². The van der Waals surface area contributed by atoms with E-state index in [4.69, 9.17) is 0 Å². The third kappa shape index (κ3) is 9.09. The molecule has 0 unspecified atom stereocenters. The van der Waals surface area contributed by atoms with Crippen LogP contribution in [0.25, 0.3) is 0 Å². The first kappa shape index (κ1) is 25.3. The van der Waals surface area contributed by atoms with E-state index in [0.29, 0.717) is 31.0 Å². The van der Waals surface area contributed by atoms with Gasteiger partial charge in [0.05, 0.1) is 7.11 Å². The lowest BCUT2D eigenvalue weighted by Crippen LogP contribution is -2.39. The van der Waals surface area contributed by atoms with E-state index in [1.807, 2.05) is 12.2 Å². The Morgan fingerprint density at radius 2 is 2.07 bits per heavy atom. The molecule has 164 valence electrons. The van der Waals surface area contributed by atoms with Gasteiger partial charge in [-0.15, -0.1) is 6.58 Å². The number of rotatable bonds is 14. The topological polar surface area (TPSA) is 83.8 Å². The number of methoxy groups -OCH3 is 1. The molecule has 0 bridgehead atoms. The van der Waals surface area contributed by atoms with Crippen molar-refractivity contribution in [3.8, 4) is 0 Å². The number of ketones is 1. The normalized spacial score (nSPS) is 21.2. The number of Topliss-reactive ketones (excluding diaryl/α,β-unsaturated/α-hetero) is 1. The monoisotopic (exact) mass is 406 g/mol. The molecule has 0 aromatic carbocycles. The number of esters is 1. The van der Waals surface area contributed by atoms with Crippen molar-refractivity contribution in [3.63, 3.8) is 0 Å². The minimum Gasteiger partial charge on any atom is -0.465 e. The van der Waals surface area contributed by atoms with Crippen molar-refractivity contribution < 1.29 is 24.5 Å². The van der Waals surface area contributed by atoms with Crippen LogP contribution < -0.4 is 0 Å². The molecule has 0 saturated heterocycles. The first-order valence-corrected chi connectivity index (χ1v) is 10.9. The van der Waals surface area contributed by atoms with E-state index in [-0.39, 0.29) is 18.3 Å². The third-order valence-electron chi connectivity index (χ3n) is 5.72. The molecule has 2 N–H and O–H groups in total. The van der Waals surface area contributed by atoms with Crippen LogP contribution in [0.1, 0.15) is 71.1 Å². The maximum Gasteiger partial charge on any atom is 0.366 e. The van der Waals surface area contributed by atoms with Gasteiger partial charge in [0.25, 0.3) is 5.79 Å². The molecule has 0 heterocycles. The van der Waals surface area contributed by atoms with Crippen molar-refractivity contribution in [1.29, 1.82) is 0 Å². The molecule has 1 saturated carbocycles. The zero-order valence-electron chi connectivity index (χ0n) is 18.0. The smallest absolute Gasteiger partial charge is 0.366 e. The highest BCUT2D eigenvalue weighted by molar-refractivity contribution is 5.83. The maximum atomic E-state index is 12.2. The molecule has 0 radical (unpaired) electrons. The summed E-state index contributed by atoms with van der Waals surface area (Å²) in [6, 6.07) is 0. The summed E-state index contributed by atoms with van der Waals surface area (Å²) in [7, 11) is 1.11. The zero-order valence-corrected chi connectivity index (χ0v) is 18.0. The first-order valence-electron chi connectivity index (χ1n) is 10.9. The fraction of sp³-hybridized carbons (Fsp3) is 0.667. The van der Waals surface area contributed by atoms with Gasteiger partial charge in [-0.1, -0.05) is 56.6 Å². The van der Waals surface area contributed by atoms with Crippen LogP contribution in [0.15, 0.2) is 37.0 Å². The lowest BCUT2D eigenvalue weighted by Gasteiger charge is -2.17. The standard InChI is InChI=1S/C24H38O5/c1-4-6-8-12-19(5-2)13-11-14-20-16-17-22(25)21(20)15-9-7-10-18-24(27,28)23(26)29-3/h5,7,9,11,14,19-21,27-28H,2,4,6,8,10,12-13,15-18H2,1,3H3/b9-7-,14-11+/t19-,20+,21-/m1/s1. The minimum atomic E-state index is -2.47. The zero-order chi connectivity index (χ0) is 21.7. The molecular weight excluding hydrogens is 368 g/mol. The van der Waals surface area contributed by atoms with Gasteiger partial charge in [-0.2, -0.15) is 0 Å². The molecule has 1 rings (SSSR count). The summed E-state index contributed by atoms with van der Waals surface area (Å²) in [4.78, 5) is 23.5. The molecule has 1 fully saturated rings. The SMILES string of the molecule is C=C[C@@H](C/C=C/[C@H]1CCC(=O)[C@@H]1C/C=C\CCC(O)(O)C(=O)OC)CCCCC. The Morgan fingerprint density at radius 3 is 2.72 bits per heavy atom. The largest absolute Gasteiger partial charge is 0.465 e. The van der Waals surface area contributed by atoms with Crippen LogP contribution >= 0.6 is 0 Å². The Morgan fingerprint density at radius 1 is 1.31 bits per heavy atom. The van der Waals surface area contributed by atoms with E-state index < -0.39 is 11.8 Å². The predicted octanol–water partition coefficient (Wildman–Crippen LogP) is 4.49. The summed E-state index contributed by atoms with van der Waals surface area (Å²) in [5.74, 6) is -2.49. The molecule has 0 aromatic rings. The van der Waals surface area contributed by atoms with Gasteiger partial charge in [-0.3, -0.25) is 4.79 Å². The van der Waals surface area contributed by atoms with Crippen LogP contribution in [-0.4, -0.2) is 34.9 Å². The van der Waals surface area contributed by atoms with Crippen molar-refractivity contribution >= 4 is 11.8 Å². The van der Waals surface area contributed by atoms with E-state index in [0.717, 1.165) is 20.0 Å². The Balaban J connectivity index is 2.46. The van der Waals surface area contributed by atoms with Crippen LogP contribution in [0, 0.1) is 17.8 Å². The summed E-state index contributed by atoms with van der Waals surface area (Å²) < 4.78 is 4.35. The molecule has 1 aliphatic carbocycles. The number of unbranched alkanes of at least 4 members (excludes halogenated alkanes) is 2. The molecule has 5 nitrogen and oxygen atoms in total. The van der Waals surface area contributed by atoms with Gasteiger partial charge in [-0.05, 0) is 43.9 Å². The van der Waals surface area contributed by atoms with Crippen LogP contribution in [0.2, 0.25) is 0 Å². The lowest BCUT2D eigenvalue weighted by atomic mass is 9.90. The van der Waals surface area contributed by atoms with E-state index >= 15 is 0 Å². The Bertz CT molecular complexity index is 576. The highest BCUT2D eigenvalue weighted by atomic mass is 16.6. The van der Waals surface area contributed by atoms with Gasteiger partial charge in [-0.25, -0.2) is 4.79 Å². The fourth-order valence-corrected chi connectivity index (χ4v) is 3.80. The molecule has 0 amide bonds. The molecule has 5 heteroatoms. The van der Waals surface area contributed by atoms with Gasteiger partial charge >= 0.3 is 5.97 Å². The third-order valence-corrected chi connectivity index (χ3v) is 5.72. The Hall–Kier alpha value is -1.72. The fourth-order valence-electron chi connectivity index (χ4n) is 3.80. The lowest BCUT2D eigenvalue weighted by molar-refractivity contribution is -0.208. The number of carbonyl (C=O) groups is 2. The van der Waals surface area contributed by atoms with Crippen LogP contribution in [0.3, 0.4) is 0 Å².